The molecular weight excluding hydrogens is 354 g/mol. The van der Waals surface area contributed by atoms with Crippen LogP contribution in [-0.4, -0.2) is 40.9 Å². The van der Waals surface area contributed by atoms with Gasteiger partial charge in [0.2, 0.25) is 10.0 Å². The van der Waals surface area contributed by atoms with Crippen LogP contribution in [0.25, 0.3) is 0 Å². The number of carbonyl (C=O) groups excluding carboxylic acids is 1. The number of nitrogens with one attached hydrogen (secondary N) is 1. The van der Waals surface area contributed by atoms with Crippen molar-refractivity contribution in [1.82, 2.24) is 19.7 Å². The van der Waals surface area contributed by atoms with Gasteiger partial charge in [-0.2, -0.15) is 0 Å². The average Bonchev–Trinajstić information content (AvgIpc) is 3.01. The number of nitro groups is 1. The minimum Gasteiger partial charge on any atom is -0.465 e. The van der Waals surface area contributed by atoms with Gasteiger partial charge >= 0.3 is 5.97 Å². The van der Waals surface area contributed by atoms with Gasteiger partial charge in [-0.25, -0.2) is 17.8 Å². The molecular formula is C13H15N5O6S. The fraction of sp³-hybridized carbons (Fsp3) is 0.308. The molecule has 0 aliphatic carbocycles. The zero-order chi connectivity index (χ0) is 18.4. The van der Waals surface area contributed by atoms with Crippen LogP contribution >= 0.6 is 0 Å². The highest BCUT2D eigenvalue weighted by Crippen LogP contribution is 2.15. The number of non-ortho nitro benzene ring substituents is 1. The number of hydrogen-bond acceptors (Lipinski definition) is 8. The van der Waals surface area contributed by atoms with Gasteiger partial charge < -0.3 is 4.74 Å². The van der Waals surface area contributed by atoms with E-state index in [0.717, 1.165) is 24.3 Å². The molecule has 12 heteroatoms. The van der Waals surface area contributed by atoms with Gasteiger partial charge in [0.05, 0.1) is 34.9 Å². The van der Waals surface area contributed by atoms with Crippen LogP contribution in [0.2, 0.25) is 0 Å². The molecule has 0 bridgehead atoms. The molecule has 134 valence electrons. The number of sulfonamides is 1. The van der Waals surface area contributed by atoms with Crippen LogP contribution in [-0.2, 0) is 32.6 Å². The Morgan fingerprint density at radius 3 is 2.64 bits per heavy atom. The molecule has 0 aliphatic rings. The maximum atomic E-state index is 12.1. The van der Waals surface area contributed by atoms with Gasteiger partial charge in [0.25, 0.3) is 5.69 Å². The van der Waals surface area contributed by atoms with E-state index >= 15 is 0 Å². The van der Waals surface area contributed by atoms with Crippen molar-refractivity contribution in [1.29, 1.82) is 0 Å². The van der Waals surface area contributed by atoms with Crippen molar-refractivity contribution in [3.8, 4) is 0 Å². The highest BCUT2D eigenvalue weighted by Gasteiger charge is 2.16. The summed E-state index contributed by atoms with van der Waals surface area (Å²) in [5.41, 5.74) is 0.0932. The number of esters is 1. The zero-order valence-corrected chi connectivity index (χ0v) is 14.0. The number of rotatable bonds is 8. The molecule has 0 saturated heterocycles. The first-order valence-corrected chi connectivity index (χ1v) is 8.59. The average molecular weight is 369 g/mol. The number of carbonyl (C=O) groups is 1. The lowest BCUT2D eigenvalue weighted by molar-refractivity contribution is -0.384. The monoisotopic (exact) mass is 369 g/mol. The Hall–Kier alpha value is -2.86. The van der Waals surface area contributed by atoms with Crippen LogP contribution in [0.1, 0.15) is 12.6 Å². The number of nitro benzene ring substituents is 1. The highest BCUT2D eigenvalue weighted by atomic mass is 32.2. The van der Waals surface area contributed by atoms with Crippen LogP contribution in [0, 0.1) is 10.1 Å². The first kappa shape index (κ1) is 18.5. The Morgan fingerprint density at radius 2 is 2.04 bits per heavy atom. The minimum atomic E-state index is -3.86. The first-order chi connectivity index (χ1) is 11.8. The predicted molar refractivity (Wildman–Crippen MR) is 83.8 cm³/mol. The number of ether oxygens (including phenoxy) is 1. The Balaban J connectivity index is 1.99. The molecule has 0 radical (unpaired) electrons. The summed E-state index contributed by atoms with van der Waals surface area (Å²) in [6, 6.07) is 4.48. The van der Waals surface area contributed by atoms with Crippen LogP contribution in [0.3, 0.4) is 0 Å². The van der Waals surface area contributed by atoms with Crippen molar-refractivity contribution >= 4 is 21.7 Å². The summed E-state index contributed by atoms with van der Waals surface area (Å²) in [7, 11) is -3.86. The SMILES string of the molecule is CCOC(=O)Cn1cc(CNS(=O)(=O)c2ccc([N+](=O)[O-])cc2)nn1. The van der Waals surface area contributed by atoms with E-state index in [9.17, 15) is 23.3 Å². The fourth-order valence-electron chi connectivity index (χ4n) is 1.84. The summed E-state index contributed by atoms with van der Waals surface area (Å²) in [4.78, 5) is 21.2. The number of hydrogen-bond donors (Lipinski definition) is 1. The lowest BCUT2D eigenvalue weighted by Crippen LogP contribution is -2.23. The summed E-state index contributed by atoms with van der Waals surface area (Å²) in [6.45, 7) is 1.64. The molecule has 25 heavy (non-hydrogen) atoms. The summed E-state index contributed by atoms with van der Waals surface area (Å²) in [5, 5.41) is 18.0. The second kappa shape index (κ2) is 7.81. The third kappa shape index (κ3) is 5.06. The van der Waals surface area contributed by atoms with E-state index in [4.69, 9.17) is 4.74 Å². The topological polar surface area (TPSA) is 146 Å². The van der Waals surface area contributed by atoms with Crippen molar-refractivity contribution in [2.24, 2.45) is 0 Å². The molecule has 0 atom stereocenters. The molecule has 0 saturated carbocycles. The third-order valence-corrected chi connectivity index (χ3v) is 4.40. The molecule has 1 aromatic carbocycles. The summed E-state index contributed by atoms with van der Waals surface area (Å²) < 4.78 is 32.6. The summed E-state index contributed by atoms with van der Waals surface area (Å²) in [6.07, 6.45) is 1.41. The van der Waals surface area contributed by atoms with E-state index in [0.29, 0.717) is 5.69 Å². The van der Waals surface area contributed by atoms with E-state index in [-0.39, 0.29) is 30.3 Å². The van der Waals surface area contributed by atoms with Crippen molar-refractivity contribution in [3.05, 3.63) is 46.3 Å². The minimum absolute atomic E-state index is 0.114. The normalized spacial score (nSPS) is 11.2. The van der Waals surface area contributed by atoms with Crippen molar-refractivity contribution < 1.29 is 22.9 Å². The maximum Gasteiger partial charge on any atom is 0.327 e. The molecule has 1 heterocycles. The van der Waals surface area contributed by atoms with Gasteiger partial charge in [-0.1, -0.05) is 5.21 Å². The smallest absolute Gasteiger partial charge is 0.327 e. The van der Waals surface area contributed by atoms with E-state index in [1.807, 2.05) is 0 Å². The van der Waals surface area contributed by atoms with Crippen LogP contribution in [0.4, 0.5) is 5.69 Å². The molecule has 2 rings (SSSR count). The van der Waals surface area contributed by atoms with Gasteiger partial charge in [0.15, 0.2) is 0 Å². The molecule has 0 spiro atoms. The molecule has 2 aromatic rings. The van der Waals surface area contributed by atoms with Gasteiger partial charge in [-0.3, -0.25) is 14.9 Å². The maximum absolute atomic E-state index is 12.1. The molecule has 0 aliphatic heterocycles. The lowest BCUT2D eigenvalue weighted by atomic mass is 10.3. The molecule has 0 unspecified atom stereocenters. The Kier molecular flexibility index (Phi) is 5.77. The number of aromatic nitrogens is 3. The van der Waals surface area contributed by atoms with Crippen LogP contribution in [0.5, 0.6) is 0 Å². The van der Waals surface area contributed by atoms with E-state index < -0.39 is 20.9 Å². The quantitative estimate of drug-likeness (QED) is 0.395. The van der Waals surface area contributed by atoms with Crippen molar-refractivity contribution in [3.63, 3.8) is 0 Å². The molecule has 1 N–H and O–H groups in total. The van der Waals surface area contributed by atoms with E-state index in [1.165, 1.54) is 10.9 Å². The van der Waals surface area contributed by atoms with E-state index in [1.54, 1.807) is 6.92 Å². The second-order valence-electron chi connectivity index (χ2n) is 4.79. The van der Waals surface area contributed by atoms with Gasteiger partial charge in [0, 0.05) is 12.1 Å². The first-order valence-electron chi connectivity index (χ1n) is 7.10. The molecule has 0 fully saturated rings. The molecule has 1 aromatic heterocycles. The number of nitrogens with zero attached hydrogens (tertiary/aromatic N) is 4. The second-order valence-corrected chi connectivity index (χ2v) is 6.55. The van der Waals surface area contributed by atoms with Gasteiger partial charge in [-0.05, 0) is 19.1 Å². The van der Waals surface area contributed by atoms with Crippen molar-refractivity contribution in [2.45, 2.75) is 24.9 Å². The highest BCUT2D eigenvalue weighted by molar-refractivity contribution is 7.89. The predicted octanol–water partition coefficient (Wildman–Crippen LogP) is 0.228. The zero-order valence-electron chi connectivity index (χ0n) is 13.2. The third-order valence-electron chi connectivity index (χ3n) is 2.98. The van der Waals surface area contributed by atoms with Gasteiger partial charge in [0.1, 0.15) is 6.54 Å². The molecule has 0 amide bonds. The Bertz CT molecular complexity index is 861. The standard InChI is InChI=1S/C13H15N5O6S/c1-2-24-13(19)9-17-8-10(15-16-17)7-14-25(22,23)12-5-3-11(4-6-12)18(20)21/h3-6,8,14H,2,7,9H2,1H3. The summed E-state index contributed by atoms with van der Waals surface area (Å²) in [5.74, 6) is -0.481. The van der Waals surface area contributed by atoms with Gasteiger partial charge in [-0.15, -0.1) is 5.10 Å². The Labute approximate surface area is 142 Å². The fourth-order valence-corrected chi connectivity index (χ4v) is 2.83. The largest absolute Gasteiger partial charge is 0.465 e. The number of benzene rings is 1. The van der Waals surface area contributed by atoms with Crippen LogP contribution < -0.4 is 4.72 Å². The lowest BCUT2D eigenvalue weighted by Gasteiger charge is -2.04. The van der Waals surface area contributed by atoms with Crippen molar-refractivity contribution in [2.75, 3.05) is 6.61 Å². The van der Waals surface area contributed by atoms with Crippen LogP contribution in [0.15, 0.2) is 35.4 Å². The molecule has 11 nitrogen and oxygen atoms in total. The van der Waals surface area contributed by atoms with E-state index in [2.05, 4.69) is 15.0 Å². The summed E-state index contributed by atoms with van der Waals surface area (Å²) >= 11 is 0. The Morgan fingerprint density at radius 1 is 1.36 bits per heavy atom.